The number of carbonyl (C=O) groups excluding carboxylic acids is 1. The van der Waals surface area contributed by atoms with Gasteiger partial charge < -0.3 is 14.1 Å². The second-order valence-electron chi connectivity index (χ2n) is 7.52. The molecule has 1 saturated heterocycles. The zero-order valence-corrected chi connectivity index (χ0v) is 16.9. The summed E-state index contributed by atoms with van der Waals surface area (Å²) in [5, 5.41) is 11.2. The normalized spacial score (nSPS) is 14.6. The van der Waals surface area contributed by atoms with Crippen molar-refractivity contribution in [3.63, 3.8) is 0 Å². The molecule has 0 unspecified atom stereocenters. The van der Waals surface area contributed by atoms with Crippen molar-refractivity contribution in [2.24, 2.45) is 5.92 Å². The molecule has 0 amide bonds. The van der Waals surface area contributed by atoms with E-state index in [1.807, 2.05) is 17.0 Å². The molecule has 1 fully saturated rings. The number of nitro groups is 1. The number of rotatable bonds is 7. The van der Waals surface area contributed by atoms with Crippen molar-refractivity contribution in [3.8, 4) is 0 Å². The number of fused-ring (bicyclic) bond motifs is 1. The molecular formula is C22H23N3O6. The Balaban J connectivity index is 1.26. The van der Waals surface area contributed by atoms with Crippen LogP contribution in [0.3, 0.4) is 0 Å². The predicted octanol–water partition coefficient (Wildman–Crippen LogP) is 3.35. The van der Waals surface area contributed by atoms with Gasteiger partial charge in [0.1, 0.15) is 5.69 Å². The van der Waals surface area contributed by atoms with E-state index >= 15 is 0 Å². The Hall–Kier alpha value is -3.62. The molecule has 0 atom stereocenters. The molecule has 0 N–H and O–H groups in total. The molecular weight excluding hydrogens is 402 g/mol. The van der Waals surface area contributed by atoms with Crippen LogP contribution in [0.4, 0.5) is 11.4 Å². The second-order valence-corrected chi connectivity index (χ2v) is 7.52. The number of esters is 1. The van der Waals surface area contributed by atoms with Gasteiger partial charge in [-0.2, -0.15) is 0 Å². The van der Waals surface area contributed by atoms with Gasteiger partial charge in [-0.05, 0) is 37.5 Å². The van der Waals surface area contributed by atoms with E-state index in [2.05, 4.69) is 0 Å². The molecule has 0 spiro atoms. The Morgan fingerprint density at radius 1 is 1.13 bits per heavy atom. The highest BCUT2D eigenvalue weighted by Gasteiger charge is 2.28. The summed E-state index contributed by atoms with van der Waals surface area (Å²) in [5.41, 5.74) is 1.92. The number of piperidine rings is 1. The minimum Gasteiger partial charge on any atom is -0.465 e. The first-order valence-corrected chi connectivity index (χ1v) is 10.3. The van der Waals surface area contributed by atoms with Gasteiger partial charge >= 0.3 is 11.7 Å². The third-order valence-electron chi connectivity index (χ3n) is 5.59. The quantitative estimate of drug-likeness (QED) is 0.247. The lowest BCUT2D eigenvalue weighted by Crippen LogP contribution is -2.37. The average molecular weight is 425 g/mol. The summed E-state index contributed by atoms with van der Waals surface area (Å²) in [6.45, 7) is 1.73. The molecule has 2 heterocycles. The number of benzene rings is 2. The molecule has 4 rings (SSSR count). The van der Waals surface area contributed by atoms with Crippen molar-refractivity contribution < 1.29 is 18.9 Å². The first kappa shape index (κ1) is 20.6. The standard InChI is InChI=1S/C22H23N3O6/c26-21(30-15-5-12-24-19-8-3-4-9-20(19)31-22(24)27)16-10-13-23(14-11-16)17-6-1-2-7-18(17)25(28)29/h1-4,6-9,16H,5,10-15H2. The summed E-state index contributed by atoms with van der Waals surface area (Å²) < 4.78 is 12.2. The number of carbonyl (C=O) groups is 1. The SMILES string of the molecule is O=C(OCCCn1c(=O)oc2ccccc21)C1CCN(c2ccccc2[N+](=O)[O-])CC1. The first-order valence-electron chi connectivity index (χ1n) is 10.3. The lowest BCUT2D eigenvalue weighted by Gasteiger charge is -2.32. The van der Waals surface area contributed by atoms with Crippen LogP contribution in [0, 0.1) is 16.0 Å². The number of aromatic nitrogens is 1. The van der Waals surface area contributed by atoms with Crippen molar-refractivity contribution in [3.05, 3.63) is 69.2 Å². The third kappa shape index (κ3) is 4.45. The first-order chi connectivity index (χ1) is 15.0. The van der Waals surface area contributed by atoms with Crippen molar-refractivity contribution in [1.29, 1.82) is 0 Å². The van der Waals surface area contributed by atoms with Crippen LogP contribution in [0.5, 0.6) is 0 Å². The van der Waals surface area contributed by atoms with Crippen LogP contribution >= 0.6 is 0 Å². The predicted molar refractivity (Wildman–Crippen MR) is 114 cm³/mol. The summed E-state index contributed by atoms with van der Waals surface area (Å²) in [5.74, 6) is -0.905. The number of hydrogen-bond donors (Lipinski definition) is 0. The number of nitrogens with zero attached hydrogens (tertiary/aromatic N) is 3. The van der Waals surface area contributed by atoms with Crippen molar-refractivity contribution in [1.82, 2.24) is 4.57 Å². The van der Waals surface area contributed by atoms with E-state index < -0.39 is 5.76 Å². The highest BCUT2D eigenvalue weighted by molar-refractivity contribution is 5.73. The minimum absolute atomic E-state index is 0.0746. The highest BCUT2D eigenvalue weighted by atomic mass is 16.6. The van der Waals surface area contributed by atoms with Crippen molar-refractivity contribution in [2.75, 3.05) is 24.6 Å². The molecule has 0 bridgehead atoms. The van der Waals surface area contributed by atoms with E-state index in [4.69, 9.17) is 9.15 Å². The van der Waals surface area contributed by atoms with Gasteiger partial charge in [-0.1, -0.05) is 24.3 Å². The molecule has 2 aromatic carbocycles. The molecule has 1 aliphatic heterocycles. The zero-order chi connectivity index (χ0) is 21.8. The van der Waals surface area contributed by atoms with Crippen LogP contribution in [0.15, 0.2) is 57.7 Å². The summed E-state index contributed by atoms with van der Waals surface area (Å²) in [6.07, 6.45) is 1.66. The smallest absolute Gasteiger partial charge is 0.419 e. The second kappa shape index (κ2) is 9.03. The monoisotopic (exact) mass is 425 g/mol. The van der Waals surface area contributed by atoms with E-state index in [1.54, 1.807) is 30.3 Å². The largest absolute Gasteiger partial charge is 0.465 e. The molecule has 3 aromatic rings. The lowest BCUT2D eigenvalue weighted by molar-refractivity contribution is -0.384. The molecule has 162 valence electrons. The van der Waals surface area contributed by atoms with Crippen LogP contribution < -0.4 is 10.7 Å². The molecule has 9 heteroatoms. The van der Waals surface area contributed by atoms with E-state index in [1.165, 1.54) is 10.6 Å². The highest BCUT2D eigenvalue weighted by Crippen LogP contribution is 2.31. The van der Waals surface area contributed by atoms with Crippen LogP contribution in [0.1, 0.15) is 19.3 Å². The van der Waals surface area contributed by atoms with Gasteiger partial charge in [0.05, 0.1) is 23.0 Å². The maximum atomic E-state index is 12.4. The number of anilines is 1. The topological polar surface area (TPSA) is 108 Å². The van der Waals surface area contributed by atoms with Crippen LogP contribution in [-0.4, -0.2) is 35.2 Å². The van der Waals surface area contributed by atoms with Gasteiger partial charge in [-0.3, -0.25) is 19.5 Å². The number of para-hydroxylation sites is 4. The third-order valence-corrected chi connectivity index (χ3v) is 5.59. The van der Waals surface area contributed by atoms with Gasteiger partial charge in [0.15, 0.2) is 5.58 Å². The summed E-state index contributed by atoms with van der Waals surface area (Å²) in [7, 11) is 0. The number of ether oxygens (including phenoxy) is 1. The van der Waals surface area contributed by atoms with Crippen molar-refractivity contribution in [2.45, 2.75) is 25.8 Å². The molecule has 0 aliphatic carbocycles. The zero-order valence-electron chi connectivity index (χ0n) is 16.9. The fourth-order valence-corrected chi connectivity index (χ4v) is 3.98. The summed E-state index contributed by atoms with van der Waals surface area (Å²) in [4.78, 5) is 37.2. The summed E-state index contributed by atoms with van der Waals surface area (Å²) >= 11 is 0. The molecule has 1 aliphatic rings. The fourth-order valence-electron chi connectivity index (χ4n) is 3.98. The number of hydrogen-bond acceptors (Lipinski definition) is 7. The fraction of sp³-hybridized carbons (Fsp3) is 0.364. The Bertz CT molecular complexity index is 1140. The molecule has 9 nitrogen and oxygen atoms in total. The molecule has 31 heavy (non-hydrogen) atoms. The van der Waals surface area contributed by atoms with E-state index in [-0.39, 0.29) is 29.1 Å². The minimum atomic E-state index is -0.421. The Morgan fingerprint density at radius 3 is 2.61 bits per heavy atom. The maximum absolute atomic E-state index is 12.4. The van der Waals surface area contributed by atoms with E-state index in [0.717, 1.165) is 5.52 Å². The van der Waals surface area contributed by atoms with E-state index in [9.17, 15) is 19.7 Å². The molecule has 1 aromatic heterocycles. The maximum Gasteiger partial charge on any atom is 0.419 e. The van der Waals surface area contributed by atoms with E-state index in [0.29, 0.717) is 50.2 Å². The molecule has 0 radical (unpaired) electrons. The summed E-state index contributed by atoms with van der Waals surface area (Å²) in [6, 6.07) is 13.8. The number of aryl methyl sites for hydroxylation is 1. The van der Waals surface area contributed by atoms with Gasteiger partial charge in [0.2, 0.25) is 0 Å². The van der Waals surface area contributed by atoms with Crippen molar-refractivity contribution >= 4 is 28.4 Å². The van der Waals surface area contributed by atoms with Crippen LogP contribution in [-0.2, 0) is 16.1 Å². The van der Waals surface area contributed by atoms with Gasteiger partial charge in [0.25, 0.3) is 5.69 Å². The number of nitro benzene ring substituents is 1. The Morgan fingerprint density at radius 2 is 1.84 bits per heavy atom. The Labute approximate surface area is 178 Å². The van der Waals surface area contributed by atoms with Crippen LogP contribution in [0.25, 0.3) is 11.1 Å². The van der Waals surface area contributed by atoms with Gasteiger partial charge in [-0.25, -0.2) is 4.79 Å². The lowest BCUT2D eigenvalue weighted by atomic mass is 9.96. The average Bonchev–Trinajstić information content (AvgIpc) is 3.11. The number of oxazole rings is 1. The van der Waals surface area contributed by atoms with Crippen LogP contribution in [0.2, 0.25) is 0 Å². The molecule has 0 saturated carbocycles. The van der Waals surface area contributed by atoms with Gasteiger partial charge in [-0.15, -0.1) is 0 Å². The Kier molecular flexibility index (Phi) is 6.01. The van der Waals surface area contributed by atoms with Gasteiger partial charge in [0, 0.05) is 25.7 Å².